The summed E-state index contributed by atoms with van der Waals surface area (Å²) in [6.07, 6.45) is 46.4. The van der Waals surface area contributed by atoms with Gasteiger partial charge in [-0.25, -0.2) is 0 Å². The molecule has 0 aromatic rings. The van der Waals surface area contributed by atoms with Crippen LogP contribution >= 0.6 is 0 Å². The lowest BCUT2D eigenvalue weighted by Gasteiger charge is -2.30. The van der Waals surface area contributed by atoms with Gasteiger partial charge in [-0.2, -0.15) is 0 Å². The SMILES string of the molecule is CCCCCCCCCCCCCCCCCCC(CO)(CO)CCCCCCCCCCCCCCCCCC. The van der Waals surface area contributed by atoms with Crippen molar-refractivity contribution in [2.45, 2.75) is 232 Å². The molecule has 0 aliphatic rings. The van der Waals surface area contributed by atoms with Gasteiger partial charge in [0.05, 0.1) is 13.2 Å². The molecule has 0 aromatic carbocycles. The second kappa shape index (κ2) is 34.4. The summed E-state index contributed by atoms with van der Waals surface area (Å²) in [5.41, 5.74) is -0.230. The Morgan fingerprint density at radius 2 is 0.439 bits per heavy atom. The summed E-state index contributed by atoms with van der Waals surface area (Å²) < 4.78 is 0. The van der Waals surface area contributed by atoms with E-state index in [0.717, 1.165) is 25.7 Å². The van der Waals surface area contributed by atoms with Crippen molar-refractivity contribution in [3.8, 4) is 0 Å². The van der Waals surface area contributed by atoms with Crippen LogP contribution in [-0.4, -0.2) is 23.4 Å². The van der Waals surface area contributed by atoms with Crippen LogP contribution in [0.2, 0.25) is 0 Å². The van der Waals surface area contributed by atoms with Gasteiger partial charge in [-0.3, -0.25) is 0 Å². The van der Waals surface area contributed by atoms with Gasteiger partial charge in [0.15, 0.2) is 0 Å². The zero-order chi connectivity index (χ0) is 30.0. The summed E-state index contributed by atoms with van der Waals surface area (Å²) in [7, 11) is 0. The first kappa shape index (κ1) is 40.9. The van der Waals surface area contributed by atoms with E-state index in [2.05, 4.69) is 13.8 Å². The first-order chi connectivity index (χ1) is 20.2. The molecule has 2 heteroatoms. The average molecular weight is 581 g/mol. The van der Waals surface area contributed by atoms with E-state index in [4.69, 9.17) is 0 Å². The number of hydrogen-bond donors (Lipinski definition) is 2. The van der Waals surface area contributed by atoms with E-state index in [9.17, 15) is 10.2 Å². The highest BCUT2D eigenvalue weighted by atomic mass is 16.3. The van der Waals surface area contributed by atoms with Crippen molar-refractivity contribution in [1.29, 1.82) is 0 Å². The van der Waals surface area contributed by atoms with E-state index in [1.54, 1.807) is 0 Å². The molecule has 0 saturated heterocycles. The minimum absolute atomic E-state index is 0.154. The molecule has 0 amide bonds. The Morgan fingerprint density at radius 3 is 0.610 bits per heavy atom. The Labute approximate surface area is 260 Å². The van der Waals surface area contributed by atoms with E-state index in [1.807, 2.05) is 0 Å². The highest BCUT2D eigenvalue weighted by Gasteiger charge is 2.27. The van der Waals surface area contributed by atoms with Crippen molar-refractivity contribution >= 4 is 0 Å². The van der Waals surface area contributed by atoms with Crippen LogP contribution in [-0.2, 0) is 0 Å². The number of rotatable bonds is 36. The van der Waals surface area contributed by atoms with Crippen LogP contribution in [0.5, 0.6) is 0 Å². The summed E-state index contributed by atoms with van der Waals surface area (Å²) in [5.74, 6) is 0. The van der Waals surface area contributed by atoms with Crippen molar-refractivity contribution in [2.24, 2.45) is 5.41 Å². The average Bonchev–Trinajstić information content (AvgIpc) is 2.99. The zero-order valence-corrected chi connectivity index (χ0v) is 28.9. The third-order valence-corrected chi connectivity index (χ3v) is 9.79. The molecule has 41 heavy (non-hydrogen) atoms. The van der Waals surface area contributed by atoms with Gasteiger partial charge in [-0.05, 0) is 12.8 Å². The summed E-state index contributed by atoms with van der Waals surface area (Å²) in [6.45, 7) is 4.90. The molecule has 0 aromatic heterocycles. The predicted octanol–water partition coefficient (Wildman–Crippen LogP) is 13.3. The monoisotopic (exact) mass is 581 g/mol. The molecule has 0 radical (unpaired) electrons. The fourth-order valence-corrected chi connectivity index (χ4v) is 6.59. The molecule has 0 spiro atoms. The first-order valence-electron chi connectivity index (χ1n) is 19.5. The molecule has 0 bridgehead atoms. The minimum atomic E-state index is -0.230. The molecule has 0 heterocycles. The van der Waals surface area contributed by atoms with Crippen LogP contribution in [0.15, 0.2) is 0 Å². The summed E-state index contributed by atoms with van der Waals surface area (Å²) >= 11 is 0. The van der Waals surface area contributed by atoms with E-state index in [0.29, 0.717) is 0 Å². The van der Waals surface area contributed by atoms with Crippen molar-refractivity contribution in [3.05, 3.63) is 0 Å². The largest absolute Gasteiger partial charge is 0.396 e. The van der Waals surface area contributed by atoms with Gasteiger partial charge in [-0.1, -0.05) is 219 Å². The quantitative estimate of drug-likeness (QED) is 0.0723. The molecule has 2 nitrogen and oxygen atoms in total. The predicted molar refractivity (Wildman–Crippen MR) is 185 cm³/mol. The second-order valence-electron chi connectivity index (χ2n) is 13.9. The molecule has 0 saturated carbocycles. The highest BCUT2D eigenvalue weighted by molar-refractivity contribution is 4.78. The van der Waals surface area contributed by atoms with Crippen LogP contribution in [0.1, 0.15) is 232 Å². The summed E-state index contributed by atoms with van der Waals surface area (Å²) in [5, 5.41) is 20.1. The van der Waals surface area contributed by atoms with E-state index in [-0.39, 0.29) is 18.6 Å². The third kappa shape index (κ3) is 29.8. The summed E-state index contributed by atoms with van der Waals surface area (Å²) in [4.78, 5) is 0. The van der Waals surface area contributed by atoms with Crippen LogP contribution in [0.25, 0.3) is 0 Å². The van der Waals surface area contributed by atoms with E-state index in [1.165, 1.54) is 193 Å². The number of aliphatic hydroxyl groups excluding tert-OH is 2. The lowest BCUT2D eigenvalue weighted by atomic mass is 9.79. The number of hydrogen-bond acceptors (Lipinski definition) is 2. The van der Waals surface area contributed by atoms with E-state index >= 15 is 0 Å². The molecule has 0 atom stereocenters. The molecule has 0 rings (SSSR count). The van der Waals surface area contributed by atoms with Crippen LogP contribution < -0.4 is 0 Å². The van der Waals surface area contributed by atoms with Crippen LogP contribution in [0.4, 0.5) is 0 Å². The zero-order valence-electron chi connectivity index (χ0n) is 28.9. The molecule has 0 fully saturated rings. The lowest BCUT2D eigenvalue weighted by molar-refractivity contribution is 0.0353. The third-order valence-electron chi connectivity index (χ3n) is 9.79. The Bertz CT molecular complexity index is 420. The number of aliphatic hydroxyl groups is 2. The molecule has 248 valence electrons. The Balaban J connectivity index is 3.50. The highest BCUT2D eigenvalue weighted by Crippen LogP contribution is 2.31. The lowest BCUT2D eigenvalue weighted by Crippen LogP contribution is -2.29. The Kier molecular flexibility index (Phi) is 34.3. The molecular formula is C39H80O2. The van der Waals surface area contributed by atoms with Gasteiger partial charge in [0, 0.05) is 5.41 Å². The maximum Gasteiger partial charge on any atom is 0.0509 e. The van der Waals surface area contributed by atoms with Crippen LogP contribution in [0, 0.1) is 5.41 Å². The maximum absolute atomic E-state index is 10.1. The van der Waals surface area contributed by atoms with Crippen molar-refractivity contribution in [2.75, 3.05) is 13.2 Å². The second-order valence-corrected chi connectivity index (χ2v) is 13.9. The molecule has 0 aliphatic carbocycles. The maximum atomic E-state index is 10.1. The minimum Gasteiger partial charge on any atom is -0.396 e. The van der Waals surface area contributed by atoms with Crippen molar-refractivity contribution in [3.63, 3.8) is 0 Å². The molecule has 2 N–H and O–H groups in total. The molecular weight excluding hydrogens is 500 g/mol. The van der Waals surface area contributed by atoms with Gasteiger partial charge in [-0.15, -0.1) is 0 Å². The van der Waals surface area contributed by atoms with Gasteiger partial charge in [0.1, 0.15) is 0 Å². The van der Waals surface area contributed by atoms with Crippen molar-refractivity contribution < 1.29 is 10.2 Å². The van der Waals surface area contributed by atoms with E-state index < -0.39 is 0 Å². The molecule has 0 unspecified atom stereocenters. The fraction of sp³-hybridized carbons (Fsp3) is 1.00. The van der Waals surface area contributed by atoms with Gasteiger partial charge in [0.25, 0.3) is 0 Å². The summed E-state index contributed by atoms with van der Waals surface area (Å²) in [6, 6.07) is 0. The van der Waals surface area contributed by atoms with Crippen molar-refractivity contribution in [1.82, 2.24) is 0 Å². The standard InChI is InChI=1S/C39H80O2/c1-3-5-7-9-11-13-15-17-19-21-23-25-27-29-31-33-35-39(37-40,38-41)36-34-32-30-28-26-24-22-20-18-16-14-12-10-8-6-4-2/h40-41H,3-38H2,1-2H3. The smallest absolute Gasteiger partial charge is 0.0509 e. The van der Waals surface area contributed by atoms with Crippen LogP contribution in [0.3, 0.4) is 0 Å². The molecule has 0 aliphatic heterocycles. The van der Waals surface area contributed by atoms with Gasteiger partial charge in [0.2, 0.25) is 0 Å². The Morgan fingerprint density at radius 1 is 0.268 bits per heavy atom. The van der Waals surface area contributed by atoms with Gasteiger partial charge < -0.3 is 10.2 Å². The first-order valence-corrected chi connectivity index (χ1v) is 19.5. The Hall–Kier alpha value is -0.0800. The normalized spacial score (nSPS) is 12.0. The number of unbranched alkanes of at least 4 members (excludes halogenated alkanes) is 30. The topological polar surface area (TPSA) is 40.5 Å². The fourth-order valence-electron chi connectivity index (χ4n) is 6.59. The van der Waals surface area contributed by atoms with Gasteiger partial charge >= 0.3 is 0 Å².